The lowest BCUT2D eigenvalue weighted by molar-refractivity contribution is 0.0747. The molecule has 0 radical (unpaired) electrons. The van der Waals surface area contributed by atoms with Crippen LogP contribution in [0.4, 0.5) is 5.69 Å². The highest BCUT2D eigenvalue weighted by Gasteiger charge is 2.33. The molecule has 0 spiro atoms. The van der Waals surface area contributed by atoms with Gasteiger partial charge in [0.25, 0.3) is 5.91 Å². The first-order valence-corrected chi connectivity index (χ1v) is 7.37. The zero-order valence-electron chi connectivity index (χ0n) is 12.2. The van der Waals surface area contributed by atoms with Crippen LogP contribution in [0.2, 0.25) is 0 Å². The highest BCUT2D eigenvalue weighted by atomic mass is 16.2. The smallest absolute Gasteiger partial charge is 0.256 e. The van der Waals surface area contributed by atoms with Gasteiger partial charge in [0.15, 0.2) is 0 Å². The zero-order valence-corrected chi connectivity index (χ0v) is 12.2. The number of carbonyl (C=O) groups excluding carboxylic acids is 1. The van der Waals surface area contributed by atoms with E-state index in [1.54, 1.807) is 12.1 Å². The summed E-state index contributed by atoms with van der Waals surface area (Å²) in [4.78, 5) is 14.6. The Labute approximate surface area is 125 Å². The zero-order chi connectivity index (χ0) is 14.8. The minimum absolute atomic E-state index is 0.0408. The number of nitrogen functional groups attached to an aromatic ring is 1. The number of nitrogens with two attached hydrogens (primary N) is 1. The van der Waals surface area contributed by atoms with E-state index in [0.29, 0.717) is 17.2 Å². The quantitative estimate of drug-likeness (QED) is 0.858. The van der Waals surface area contributed by atoms with Crippen molar-refractivity contribution < 1.29 is 4.79 Å². The number of hydrogen-bond donors (Lipinski definition) is 1. The second-order valence-electron chi connectivity index (χ2n) is 5.74. The van der Waals surface area contributed by atoms with Gasteiger partial charge in [-0.2, -0.15) is 0 Å². The average molecular weight is 280 g/mol. The first-order valence-electron chi connectivity index (χ1n) is 7.37. The summed E-state index contributed by atoms with van der Waals surface area (Å²) in [6, 6.07) is 18.0. The highest BCUT2D eigenvalue weighted by Crippen LogP contribution is 2.32. The Morgan fingerprint density at radius 3 is 2.48 bits per heavy atom. The number of hydrogen-bond acceptors (Lipinski definition) is 2. The summed E-state index contributed by atoms with van der Waals surface area (Å²) in [6.45, 7) is 2.87. The minimum Gasteiger partial charge on any atom is -0.398 e. The molecule has 3 nitrogen and oxygen atoms in total. The molecule has 1 amide bonds. The Balaban J connectivity index is 1.81. The largest absolute Gasteiger partial charge is 0.398 e. The van der Waals surface area contributed by atoms with E-state index in [1.807, 2.05) is 23.1 Å². The van der Waals surface area contributed by atoms with Crippen LogP contribution >= 0.6 is 0 Å². The third-order valence-corrected chi connectivity index (χ3v) is 4.30. The lowest BCUT2D eigenvalue weighted by atomic mass is 9.97. The maximum atomic E-state index is 12.7. The average Bonchev–Trinajstić information content (AvgIpc) is 2.90. The summed E-state index contributed by atoms with van der Waals surface area (Å²) >= 11 is 0. The molecule has 0 aliphatic carbocycles. The first-order chi connectivity index (χ1) is 10.2. The predicted octanol–water partition coefficient (Wildman–Crippen LogP) is 3.29. The molecule has 1 aliphatic rings. The maximum Gasteiger partial charge on any atom is 0.256 e. The maximum absolute atomic E-state index is 12.7. The second kappa shape index (κ2) is 5.60. The minimum atomic E-state index is 0.0408. The van der Waals surface area contributed by atoms with Crippen LogP contribution in [0.5, 0.6) is 0 Å². The van der Waals surface area contributed by atoms with Crippen LogP contribution in [-0.2, 0) is 0 Å². The lowest BCUT2D eigenvalue weighted by Gasteiger charge is -2.22. The number of anilines is 1. The fourth-order valence-corrected chi connectivity index (χ4v) is 3.13. The molecule has 1 saturated heterocycles. The molecule has 0 aromatic heterocycles. The van der Waals surface area contributed by atoms with E-state index < -0.39 is 0 Å². The molecule has 108 valence electrons. The van der Waals surface area contributed by atoms with Gasteiger partial charge in [-0.1, -0.05) is 42.5 Å². The third kappa shape index (κ3) is 2.64. The van der Waals surface area contributed by atoms with E-state index in [9.17, 15) is 4.79 Å². The number of para-hydroxylation sites is 1. The Morgan fingerprint density at radius 2 is 1.76 bits per heavy atom. The first kappa shape index (κ1) is 13.7. The van der Waals surface area contributed by atoms with E-state index in [0.717, 1.165) is 13.0 Å². The highest BCUT2D eigenvalue weighted by molar-refractivity contribution is 5.99. The van der Waals surface area contributed by atoms with Gasteiger partial charge in [0.1, 0.15) is 0 Å². The molecule has 1 aliphatic heterocycles. The molecule has 0 saturated carbocycles. The molecule has 2 N–H and O–H groups in total. The van der Waals surface area contributed by atoms with Gasteiger partial charge in [-0.25, -0.2) is 0 Å². The van der Waals surface area contributed by atoms with E-state index >= 15 is 0 Å². The number of nitrogens with zero attached hydrogens (tertiary/aromatic N) is 1. The summed E-state index contributed by atoms with van der Waals surface area (Å²) in [5, 5.41) is 0. The van der Waals surface area contributed by atoms with E-state index in [2.05, 4.69) is 31.2 Å². The normalized spacial score (nSPS) is 21.5. The summed E-state index contributed by atoms with van der Waals surface area (Å²) in [6.07, 6.45) is 1.00. The molecule has 3 rings (SSSR count). The van der Waals surface area contributed by atoms with Crippen molar-refractivity contribution in [1.29, 1.82) is 0 Å². The number of rotatable bonds is 2. The van der Waals surface area contributed by atoms with Crippen LogP contribution in [0.25, 0.3) is 0 Å². The van der Waals surface area contributed by atoms with E-state index in [-0.39, 0.29) is 11.9 Å². The van der Waals surface area contributed by atoms with Crippen molar-refractivity contribution in [3.63, 3.8) is 0 Å². The van der Waals surface area contributed by atoms with Crippen molar-refractivity contribution in [3.05, 3.63) is 65.7 Å². The van der Waals surface area contributed by atoms with Crippen molar-refractivity contribution in [2.45, 2.75) is 25.3 Å². The molecule has 3 heteroatoms. The monoisotopic (exact) mass is 280 g/mol. The van der Waals surface area contributed by atoms with Crippen LogP contribution in [-0.4, -0.2) is 23.4 Å². The molecular weight excluding hydrogens is 260 g/mol. The summed E-state index contributed by atoms with van der Waals surface area (Å²) < 4.78 is 0. The van der Waals surface area contributed by atoms with Crippen LogP contribution < -0.4 is 5.73 Å². The molecule has 1 fully saturated rings. The number of likely N-dealkylation sites (tertiary alicyclic amines) is 1. The van der Waals surface area contributed by atoms with Crippen molar-refractivity contribution in [3.8, 4) is 0 Å². The lowest BCUT2D eigenvalue weighted by Crippen LogP contribution is -2.34. The fourth-order valence-electron chi connectivity index (χ4n) is 3.13. The van der Waals surface area contributed by atoms with Crippen molar-refractivity contribution in [2.24, 2.45) is 0 Å². The third-order valence-electron chi connectivity index (χ3n) is 4.30. The van der Waals surface area contributed by atoms with E-state index in [1.165, 1.54) is 5.56 Å². The SMILES string of the molecule is C[C@@H]1C[C@H](c2ccccc2)CN1C(=O)c1ccccc1N. The van der Waals surface area contributed by atoms with Crippen molar-refractivity contribution >= 4 is 11.6 Å². The molecule has 2 aromatic carbocycles. The molecule has 1 heterocycles. The van der Waals surface area contributed by atoms with Crippen molar-refractivity contribution in [2.75, 3.05) is 12.3 Å². The van der Waals surface area contributed by atoms with Gasteiger partial charge in [0.05, 0.1) is 5.56 Å². The van der Waals surface area contributed by atoms with Gasteiger partial charge >= 0.3 is 0 Å². The van der Waals surface area contributed by atoms with Gasteiger partial charge in [-0.3, -0.25) is 4.79 Å². The number of benzene rings is 2. The Bertz CT molecular complexity index is 639. The van der Waals surface area contributed by atoms with Gasteiger partial charge in [0, 0.05) is 24.2 Å². The molecule has 2 aromatic rings. The molecule has 21 heavy (non-hydrogen) atoms. The second-order valence-corrected chi connectivity index (χ2v) is 5.74. The molecule has 2 atom stereocenters. The molecule has 0 bridgehead atoms. The Hall–Kier alpha value is -2.29. The summed E-state index contributed by atoms with van der Waals surface area (Å²) in [7, 11) is 0. The molecule has 0 unspecified atom stereocenters. The van der Waals surface area contributed by atoms with Gasteiger partial charge in [-0.05, 0) is 31.0 Å². The van der Waals surface area contributed by atoms with Gasteiger partial charge < -0.3 is 10.6 Å². The standard InChI is InChI=1S/C18H20N2O/c1-13-11-15(14-7-3-2-4-8-14)12-20(13)18(21)16-9-5-6-10-17(16)19/h2-10,13,15H,11-12,19H2,1H3/t13-,15+/m1/s1. The Morgan fingerprint density at radius 1 is 1.10 bits per heavy atom. The fraction of sp³-hybridized carbons (Fsp3) is 0.278. The summed E-state index contributed by atoms with van der Waals surface area (Å²) in [5.74, 6) is 0.453. The van der Waals surface area contributed by atoms with Gasteiger partial charge in [0.2, 0.25) is 0 Å². The van der Waals surface area contributed by atoms with E-state index in [4.69, 9.17) is 5.73 Å². The summed E-state index contributed by atoms with van der Waals surface area (Å²) in [5.41, 5.74) is 8.40. The van der Waals surface area contributed by atoms with Crippen LogP contribution in [0.15, 0.2) is 54.6 Å². The van der Waals surface area contributed by atoms with Crippen LogP contribution in [0.1, 0.15) is 35.2 Å². The Kier molecular flexibility index (Phi) is 3.65. The van der Waals surface area contributed by atoms with Crippen LogP contribution in [0, 0.1) is 0 Å². The van der Waals surface area contributed by atoms with Crippen molar-refractivity contribution in [1.82, 2.24) is 4.90 Å². The van der Waals surface area contributed by atoms with Gasteiger partial charge in [-0.15, -0.1) is 0 Å². The number of amides is 1. The predicted molar refractivity (Wildman–Crippen MR) is 85.2 cm³/mol. The molecular formula is C18H20N2O. The van der Waals surface area contributed by atoms with Crippen LogP contribution in [0.3, 0.4) is 0 Å². The number of carbonyl (C=O) groups is 1. The topological polar surface area (TPSA) is 46.3 Å².